The van der Waals surface area contributed by atoms with E-state index in [1.165, 1.54) is 47.4 Å². The van der Waals surface area contributed by atoms with Gasteiger partial charge in [-0.05, 0) is 53.6 Å². The number of non-ortho nitro benzene ring substituents is 2. The Morgan fingerprint density at radius 3 is 2.12 bits per heavy atom. The third-order valence-corrected chi connectivity index (χ3v) is 7.47. The number of nitro groups is 2. The summed E-state index contributed by atoms with van der Waals surface area (Å²) < 4.78 is 0.936. The Bertz CT molecular complexity index is 1430. The highest BCUT2D eigenvalue weighted by Crippen LogP contribution is 2.49. The Kier molecular flexibility index (Phi) is 5.56. The molecular weight excluding hydrogens is 476 g/mol. The van der Waals surface area contributed by atoms with Crippen molar-refractivity contribution in [3.05, 3.63) is 109 Å². The molecule has 0 aliphatic carbocycles. The van der Waals surface area contributed by atoms with Crippen LogP contribution in [0.15, 0.2) is 77.7 Å². The van der Waals surface area contributed by atoms with Crippen LogP contribution < -0.4 is 4.90 Å². The first-order valence-corrected chi connectivity index (χ1v) is 11.7. The summed E-state index contributed by atoms with van der Waals surface area (Å²) in [7, 11) is 0. The summed E-state index contributed by atoms with van der Waals surface area (Å²) in [6.45, 7) is 0. The van der Waals surface area contributed by atoms with Gasteiger partial charge in [-0.1, -0.05) is 35.2 Å². The number of amides is 1. The number of hydrogen-bond acceptors (Lipinski definition) is 8. The number of para-hydroxylation sites is 1. The number of aromatic nitrogens is 1. The van der Waals surface area contributed by atoms with E-state index in [-0.39, 0.29) is 17.3 Å². The van der Waals surface area contributed by atoms with Crippen molar-refractivity contribution in [1.29, 1.82) is 0 Å². The fourth-order valence-corrected chi connectivity index (χ4v) is 5.81. The predicted octanol–water partition coefficient (Wildman–Crippen LogP) is 5.93. The zero-order valence-corrected chi connectivity index (χ0v) is 18.9. The largest absolute Gasteiger partial charge is 0.269 e. The van der Waals surface area contributed by atoms with Crippen LogP contribution in [0.5, 0.6) is 0 Å². The molecule has 1 unspecified atom stereocenters. The van der Waals surface area contributed by atoms with Crippen molar-refractivity contribution >= 4 is 61.8 Å². The molecule has 0 bridgehead atoms. The first kappa shape index (κ1) is 21.7. The maximum absolute atomic E-state index is 13.5. The SMILES string of the molecule is O=C1/C(=C/c2ccc([N+](=O)[O-])cc2)SC(c2ccc([N+](=O)[O-])cc2)N1c1nc2ccccc2s1. The van der Waals surface area contributed by atoms with Gasteiger partial charge in [0.05, 0.1) is 25.0 Å². The standard InChI is InChI=1S/C23H14N4O5S2/c28-21-20(13-14-5-9-16(10-6-14)26(29)30)33-22(15-7-11-17(12-8-15)27(31)32)25(21)23-24-18-3-1-2-4-19(18)34-23/h1-13,22H/b20-13-. The van der Waals surface area contributed by atoms with Crippen molar-refractivity contribution in [2.24, 2.45) is 0 Å². The molecule has 2 heterocycles. The lowest BCUT2D eigenvalue weighted by atomic mass is 10.2. The highest BCUT2D eigenvalue weighted by atomic mass is 32.2. The van der Waals surface area contributed by atoms with Crippen LogP contribution in [0.1, 0.15) is 16.5 Å². The minimum absolute atomic E-state index is 0.0348. The van der Waals surface area contributed by atoms with Gasteiger partial charge in [-0.15, -0.1) is 0 Å². The second-order valence-corrected chi connectivity index (χ2v) is 9.45. The van der Waals surface area contributed by atoms with Crippen LogP contribution in [0.4, 0.5) is 16.5 Å². The summed E-state index contributed by atoms with van der Waals surface area (Å²) in [4.78, 5) is 41.2. The maximum atomic E-state index is 13.5. The van der Waals surface area contributed by atoms with Gasteiger partial charge in [-0.25, -0.2) is 4.98 Å². The van der Waals surface area contributed by atoms with E-state index < -0.39 is 15.2 Å². The monoisotopic (exact) mass is 490 g/mol. The molecule has 1 aliphatic heterocycles. The molecule has 0 N–H and O–H groups in total. The topological polar surface area (TPSA) is 119 Å². The third kappa shape index (κ3) is 4.02. The molecular formula is C23H14N4O5S2. The number of nitrogens with zero attached hydrogens (tertiary/aromatic N) is 4. The van der Waals surface area contributed by atoms with E-state index in [1.807, 2.05) is 24.3 Å². The average Bonchev–Trinajstić information content (AvgIpc) is 3.40. The molecule has 1 aromatic heterocycles. The van der Waals surface area contributed by atoms with Gasteiger partial charge in [0, 0.05) is 24.3 Å². The summed E-state index contributed by atoms with van der Waals surface area (Å²) >= 11 is 2.69. The molecule has 168 valence electrons. The number of fused-ring (bicyclic) bond motifs is 1. The molecule has 4 aromatic rings. The van der Waals surface area contributed by atoms with Crippen LogP contribution in [0, 0.1) is 20.2 Å². The van der Waals surface area contributed by atoms with Gasteiger partial charge in [0.2, 0.25) is 0 Å². The Morgan fingerprint density at radius 2 is 1.50 bits per heavy atom. The van der Waals surface area contributed by atoms with Gasteiger partial charge >= 0.3 is 0 Å². The van der Waals surface area contributed by atoms with Crippen LogP contribution in [-0.4, -0.2) is 20.7 Å². The lowest BCUT2D eigenvalue weighted by Crippen LogP contribution is -2.27. The van der Waals surface area contributed by atoms with E-state index in [0.717, 1.165) is 15.8 Å². The molecule has 1 atom stereocenters. The Hall–Kier alpha value is -4.09. The van der Waals surface area contributed by atoms with Gasteiger partial charge < -0.3 is 0 Å². The first-order chi connectivity index (χ1) is 16.4. The number of carbonyl (C=O) groups is 1. The molecule has 0 spiro atoms. The molecule has 1 amide bonds. The second kappa shape index (κ2) is 8.69. The first-order valence-electron chi connectivity index (χ1n) is 9.97. The number of carbonyl (C=O) groups excluding carboxylic acids is 1. The molecule has 9 nitrogen and oxygen atoms in total. The maximum Gasteiger partial charge on any atom is 0.269 e. The molecule has 3 aromatic carbocycles. The fraction of sp³-hybridized carbons (Fsp3) is 0.0435. The highest BCUT2D eigenvalue weighted by molar-refractivity contribution is 8.05. The van der Waals surface area contributed by atoms with Gasteiger partial charge in [-0.3, -0.25) is 29.9 Å². The normalized spacial score (nSPS) is 16.9. The minimum Gasteiger partial charge on any atom is -0.268 e. The lowest BCUT2D eigenvalue weighted by molar-refractivity contribution is -0.385. The van der Waals surface area contributed by atoms with Crippen molar-refractivity contribution in [2.45, 2.75) is 5.37 Å². The number of hydrogen-bond donors (Lipinski definition) is 0. The summed E-state index contributed by atoms with van der Waals surface area (Å²) in [5.74, 6) is -0.259. The lowest BCUT2D eigenvalue weighted by Gasteiger charge is -2.20. The highest BCUT2D eigenvalue weighted by Gasteiger charge is 2.40. The number of thiazole rings is 1. The van der Waals surface area contributed by atoms with Crippen LogP contribution in [0.25, 0.3) is 16.3 Å². The Morgan fingerprint density at radius 1 is 0.882 bits per heavy atom. The van der Waals surface area contributed by atoms with E-state index in [4.69, 9.17) is 0 Å². The van der Waals surface area contributed by atoms with Gasteiger partial charge in [-0.2, -0.15) is 0 Å². The number of benzene rings is 3. The quantitative estimate of drug-likeness (QED) is 0.193. The molecule has 1 fully saturated rings. The van der Waals surface area contributed by atoms with E-state index >= 15 is 0 Å². The zero-order chi connectivity index (χ0) is 23.8. The smallest absolute Gasteiger partial charge is 0.268 e. The second-order valence-electron chi connectivity index (χ2n) is 7.32. The van der Waals surface area contributed by atoms with Crippen molar-refractivity contribution in [3.8, 4) is 0 Å². The van der Waals surface area contributed by atoms with E-state index in [1.54, 1.807) is 35.2 Å². The summed E-state index contributed by atoms with van der Waals surface area (Å²) in [5.41, 5.74) is 2.07. The van der Waals surface area contributed by atoms with Crippen LogP contribution >= 0.6 is 23.1 Å². The van der Waals surface area contributed by atoms with E-state index in [9.17, 15) is 25.0 Å². The number of nitro benzene ring substituents is 2. The van der Waals surface area contributed by atoms with Crippen LogP contribution in [0.2, 0.25) is 0 Å². The van der Waals surface area contributed by atoms with Crippen LogP contribution in [0.3, 0.4) is 0 Å². The molecule has 0 radical (unpaired) electrons. The summed E-state index contributed by atoms with van der Waals surface area (Å²) in [6.07, 6.45) is 1.68. The minimum atomic E-state index is -0.480. The van der Waals surface area contributed by atoms with Crippen molar-refractivity contribution in [2.75, 3.05) is 4.90 Å². The Balaban J connectivity index is 1.56. The fourth-order valence-electron chi connectivity index (χ4n) is 3.52. The predicted molar refractivity (Wildman–Crippen MR) is 132 cm³/mol. The summed E-state index contributed by atoms with van der Waals surface area (Å²) in [5, 5.41) is 22.0. The van der Waals surface area contributed by atoms with Crippen LogP contribution in [-0.2, 0) is 4.79 Å². The number of thioether (sulfide) groups is 1. The number of rotatable bonds is 5. The molecule has 11 heteroatoms. The third-order valence-electron chi connectivity index (χ3n) is 5.18. The average molecular weight is 491 g/mol. The van der Waals surface area contributed by atoms with E-state index in [2.05, 4.69) is 4.98 Å². The van der Waals surface area contributed by atoms with Crippen molar-refractivity contribution in [1.82, 2.24) is 4.98 Å². The van der Waals surface area contributed by atoms with Gasteiger partial charge in [0.15, 0.2) is 5.13 Å². The van der Waals surface area contributed by atoms with E-state index in [0.29, 0.717) is 15.6 Å². The molecule has 0 saturated carbocycles. The zero-order valence-electron chi connectivity index (χ0n) is 17.2. The van der Waals surface area contributed by atoms with Crippen molar-refractivity contribution in [3.63, 3.8) is 0 Å². The molecule has 5 rings (SSSR count). The number of anilines is 1. The van der Waals surface area contributed by atoms with Gasteiger partial charge in [0.1, 0.15) is 5.37 Å². The Labute approximate surface area is 200 Å². The van der Waals surface area contributed by atoms with Crippen molar-refractivity contribution < 1.29 is 14.6 Å². The molecule has 1 aliphatic rings. The molecule has 34 heavy (non-hydrogen) atoms. The summed E-state index contributed by atoms with van der Waals surface area (Å²) in [6, 6.07) is 19.6. The van der Waals surface area contributed by atoms with Gasteiger partial charge in [0.25, 0.3) is 17.3 Å². The molecule has 1 saturated heterocycles.